The first-order valence-electron chi connectivity index (χ1n) is 25.8. The Morgan fingerprint density at radius 3 is 1.14 bits per heavy atom. The standard InChI is InChI=1S/C54H101NO3/c1-3-5-7-9-11-13-15-17-19-21-23-25-26-27-28-30-32-34-36-38-40-42-44-46-48-50-54(58)55-52(51-56)53(57)49-47-45-43-41-39-37-35-33-31-29-24-22-20-18-16-14-12-10-8-6-4-2/h5,7,11,13,17,19,23,25,52-53,56-57H,3-4,6,8-10,12,14-16,18,20-22,24,26-51H2,1-2H3,(H,55,58)/b7-5-,13-11-,19-17-,25-23-. The molecule has 0 saturated carbocycles. The van der Waals surface area contributed by atoms with Gasteiger partial charge in [-0.1, -0.05) is 262 Å². The van der Waals surface area contributed by atoms with E-state index < -0.39 is 12.1 Å². The van der Waals surface area contributed by atoms with E-state index in [4.69, 9.17) is 0 Å². The van der Waals surface area contributed by atoms with Gasteiger partial charge < -0.3 is 15.5 Å². The quantitative estimate of drug-likeness (QED) is 0.0423. The third-order valence-electron chi connectivity index (χ3n) is 11.9. The van der Waals surface area contributed by atoms with Crippen LogP contribution in [0.1, 0.15) is 271 Å². The number of aliphatic hydroxyl groups excluding tert-OH is 2. The van der Waals surface area contributed by atoms with E-state index in [9.17, 15) is 15.0 Å². The number of allylic oxidation sites excluding steroid dienone is 8. The van der Waals surface area contributed by atoms with Crippen molar-refractivity contribution >= 4 is 5.91 Å². The fourth-order valence-corrected chi connectivity index (χ4v) is 7.94. The maximum absolute atomic E-state index is 12.5. The summed E-state index contributed by atoms with van der Waals surface area (Å²) < 4.78 is 0. The lowest BCUT2D eigenvalue weighted by molar-refractivity contribution is -0.123. The van der Waals surface area contributed by atoms with E-state index in [1.165, 1.54) is 193 Å². The molecule has 2 unspecified atom stereocenters. The van der Waals surface area contributed by atoms with Crippen LogP contribution in [-0.4, -0.2) is 34.9 Å². The molecule has 0 radical (unpaired) electrons. The van der Waals surface area contributed by atoms with Gasteiger partial charge >= 0.3 is 0 Å². The number of amides is 1. The van der Waals surface area contributed by atoms with Gasteiger partial charge in [0.1, 0.15) is 0 Å². The molecule has 0 heterocycles. The third-order valence-corrected chi connectivity index (χ3v) is 11.9. The van der Waals surface area contributed by atoms with E-state index in [0.29, 0.717) is 12.8 Å². The molecule has 2 atom stereocenters. The van der Waals surface area contributed by atoms with E-state index >= 15 is 0 Å². The zero-order chi connectivity index (χ0) is 42.1. The Morgan fingerprint density at radius 2 is 0.759 bits per heavy atom. The molecular weight excluding hydrogens is 711 g/mol. The Labute approximate surface area is 363 Å². The summed E-state index contributed by atoms with van der Waals surface area (Å²) in [5.74, 6) is -0.0321. The Kier molecular flexibility index (Phi) is 48.3. The van der Waals surface area contributed by atoms with E-state index in [1.54, 1.807) is 0 Å². The molecule has 4 nitrogen and oxygen atoms in total. The normalized spacial score (nSPS) is 13.2. The Hall–Kier alpha value is -1.65. The third kappa shape index (κ3) is 45.4. The van der Waals surface area contributed by atoms with Gasteiger partial charge in [0.05, 0.1) is 18.8 Å². The zero-order valence-corrected chi connectivity index (χ0v) is 39.1. The number of carbonyl (C=O) groups excluding carboxylic acids is 1. The van der Waals surface area contributed by atoms with Crippen molar-refractivity contribution in [3.63, 3.8) is 0 Å². The van der Waals surface area contributed by atoms with E-state index in [-0.39, 0.29) is 12.5 Å². The molecule has 1 amide bonds. The molecule has 0 aromatic rings. The Morgan fingerprint density at radius 1 is 0.431 bits per heavy atom. The van der Waals surface area contributed by atoms with Crippen molar-refractivity contribution in [2.24, 2.45) is 0 Å². The summed E-state index contributed by atoms with van der Waals surface area (Å²) in [6.45, 7) is 4.27. The number of unbranched alkanes of at least 4 members (excludes halogenated alkanes) is 32. The van der Waals surface area contributed by atoms with Crippen LogP contribution in [0.5, 0.6) is 0 Å². The van der Waals surface area contributed by atoms with Crippen LogP contribution >= 0.6 is 0 Å². The minimum absolute atomic E-state index is 0.0321. The van der Waals surface area contributed by atoms with Crippen molar-refractivity contribution < 1.29 is 15.0 Å². The molecule has 0 aliphatic carbocycles. The number of nitrogens with one attached hydrogen (secondary N) is 1. The van der Waals surface area contributed by atoms with Gasteiger partial charge in [0, 0.05) is 6.42 Å². The van der Waals surface area contributed by atoms with Crippen molar-refractivity contribution in [3.05, 3.63) is 48.6 Å². The van der Waals surface area contributed by atoms with Gasteiger partial charge in [-0.05, 0) is 51.4 Å². The number of carbonyl (C=O) groups is 1. The Balaban J connectivity index is 3.48. The Bertz CT molecular complexity index is 923. The molecule has 0 spiro atoms. The van der Waals surface area contributed by atoms with Crippen LogP contribution in [0.25, 0.3) is 0 Å². The summed E-state index contributed by atoms with van der Waals surface area (Å²) in [5.41, 5.74) is 0. The minimum Gasteiger partial charge on any atom is -0.394 e. The van der Waals surface area contributed by atoms with Crippen molar-refractivity contribution in [2.45, 2.75) is 283 Å². The topological polar surface area (TPSA) is 69.6 Å². The molecule has 0 aromatic carbocycles. The summed E-state index contributed by atoms with van der Waals surface area (Å²) >= 11 is 0. The molecule has 58 heavy (non-hydrogen) atoms. The predicted octanol–water partition coefficient (Wildman–Crippen LogP) is 16.7. The number of aliphatic hydroxyl groups is 2. The zero-order valence-electron chi connectivity index (χ0n) is 39.1. The number of hydrogen-bond acceptors (Lipinski definition) is 3. The number of rotatable bonds is 47. The molecule has 0 bridgehead atoms. The molecule has 0 fully saturated rings. The predicted molar refractivity (Wildman–Crippen MR) is 258 cm³/mol. The average Bonchev–Trinajstić information content (AvgIpc) is 3.23. The van der Waals surface area contributed by atoms with Gasteiger partial charge in [-0.3, -0.25) is 4.79 Å². The lowest BCUT2D eigenvalue weighted by Crippen LogP contribution is -2.45. The highest BCUT2D eigenvalue weighted by Gasteiger charge is 2.20. The second-order valence-corrected chi connectivity index (χ2v) is 17.6. The number of hydrogen-bond donors (Lipinski definition) is 3. The van der Waals surface area contributed by atoms with Crippen molar-refractivity contribution in [2.75, 3.05) is 6.61 Å². The monoisotopic (exact) mass is 812 g/mol. The lowest BCUT2D eigenvalue weighted by Gasteiger charge is -2.22. The summed E-state index contributed by atoms with van der Waals surface area (Å²) in [6, 6.07) is -0.539. The first kappa shape index (κ1) is 56.4. The molecular formula is C54H101NO3. The van der Waals surface area contributed by atoms with Gasteiger partial charge in [0.25, 0.3) is 0 Å². The molecule has 0 aliphatic heterocycles. The summed E-state index contributed by atoms with van der Waals surface area (Å²) in [6.07, 6.45) is 67.9. The maximum Gasteiger partial charge on any atom is 0.220 e. The first-order valence-corrected chi connectivity index (χ1v) is 25.8. The molecule has 0 aromatic heterocycles. The largest absolute Gasteiger partial charge is 0.394 e. The fourth-order valence-electron chi connectivity index (χ4n) is 7.94. The van der Waals surface area contributed by atoms with Crippen LogP contribution in [0.15, 0.2) is 48.6 Å². The highest BCUT2D eigenvalue weighted by molar-refractivity contribution is 5.76. The SMILES string of the molecule is CC/C=C\C/C=C\C/C=C\C/C=C\CCCCCCCCCCCCCCC(=O)NC(CO)C(O)CCCCCCCCCCCCCCCCCCCCCCC. The van der Waals surface area contributed by atoms with E-state index in [0.717, 1.165) is 51.4 Å². The second kappa shape index (κ2) is 49.7. The smallest absolute Gasteiger partial charge is 0.220 e. The second-order valence-electron chi connectivity index (χ2n) is 17.6. The van der Waals surface area contributed by atoms with Gasteiger partial charge in [0.15, 0.2) is 0 Å². The summed E-state index contributed by atoms with van der Waals surface area (Å²) in [4.78, 5) is 12.5. The molecule has 340 valence electrons. The van der Waals surface area contributed by atoms with Gasteiger partial charge in [-0.15, -0.1) is 0 Å². The summed E-state index contributed by atoms with van der Waals surface area (Å²) in [7, 11) is 0. The summed E-state index contributed by atoms with van der Waals surface area (Å²) in [5, 5.41) is 23.3. The van der Waals surface area contributed by atoms with Crippen molar-refractivity contribution in [1.29, 1.82) is 0 Å². The van der Waals surface area contributed by atoms with Gasteiger partial charge in [0.2, 0.25) is 5.91 Å². The van der Waals surface area contributed by atoms with Crippen LogP contribution in [0, 0.1) is 0 Å². The van der Waals surface area contributed by atoms with E-state index in [1.807, 2.05) is 0 Å². The first-order chi connectivity index (χ1) is 28.7. The average molecular weight is 812 g/mol. The van der Waals surface area contributed by atoms with Crippen LogP contribution in [0.4, 0.5) is 0 Å². The van der Waals surface area contributed by atoms with Crippen molar-refractivity contribution in [3.8, 4) is 0 Å². The lowest BCUT2D eigenvalue weighted by atomic mass is 10.0. The fraction of sp³-hybridized carbons (Fsp3) is 0.833. The van der Waals surface area contributed by atoms with Crippen LogP contribution in [0.2, 0.25) is 0 Å². The van der Waals surface area contributed by atoms with E-state index in [2.05, 4.69) is 67.8 Å². The maximum atomic E-state index is 12.5. The highest BCUT2D eigenvalue weighted by atomic mass is 16.3. The van der Waals surface area contributed by atoms with Crippen LogP contribution in [0.3, 0.4) is 0 Å². The molecule has 0 aliphatic rings. The van der Waals surface area contributed by atoms with Crippen LogP contribution in [-0.2, 0) is 4.79 Å². The minimum atomic E-state index is -0.662. The molecule has 3 N–H and O–H groups in total. The molecule has 0 saturated heterocycles. The van der Waals surface area contributed by atoms with Crippen LogP contribution < -0.4 is 5.32 Å². The van der Waals surface area contributed by atoms with Gasteiger partial charge in [-0.25, -0.2) is 0 Å². The molecule has 0 rings (SSSR count). The van der Waals surface area contributed by atoms with Gasteiger partial charge in [-0.2, -0.15) is 0 Å². The van der Waals surface area contributed by atoms with Crippen molar-refractivity contribution in [1.82, 2.24) is 5.32 Å². The highest BCUT2D eigenvalue weighted by Crippen LogP contribution is 2.17. The molecule has 4 heteroatoms.